The summed E-state index contributed by atoms with van der Waals surface area (Å²) in [6, 6.07) is 0. The minimum Gasteiger partial charge on any atom is -0.357 e. The second-order valence-electron chi connectivity index (χ2n) is 3.86. The Kier molecular flexibility index (Phi) is 3.35. The van der Waals surface area contributed by atoms with E-state index in [1.807, 2.05) is 25.9 Å². The third-order valence-corrected chi connectivity index (χ3v) is 2.39. The molecule has 2 rings (SSSR count). The predicted molar refractivity (Wildman–Crippen MR) is 68.4 cm³/mol. The molecule has 8 heteroatoms. The molecule has 2 heterocycles. The predicted octanol–water partition coefficient (Wildman–Crippen LogP) is 0.258. The number of nitrogens with zero attached hydrogens (tertiary/aromatic N) is 7. The summed E-state index contributed by atoms with van der Waals surface area (Å²) in [6.45, 7) is 2.71. The third-order valence-electron chi connectivity index (χ3n) is 2.39. The first kappa shape index (κ1) is 12.2. The molecule has 0 fully saturated rings. The lowest BCUT2D eigenvalue weighted by molar-refractivity contribution is 0.630. The summed E-state index contributed by atoms with van der Waals surface area (Å²) in [6.07, 6.45) is 1.65. The molecular weight excluding hydrogens is 232 g/mol. The highest BCUT2D eigenvalue weighted by molar-refractivity contribution is 5.52. The summed E-state index contributed by atoms with van der Waals surface area (Å²) in [7, 11) is 5.54. The molecule has 1 N–H and O–H groups in total. The fourth-order valence-electron chi connectivity index (χ4n) is 1.46. The van der Waals surface area contributed by atoms with Gasteiger partial charge in [0, 0.05) is 27.7 Å². The molecule has 2 aromatic heterocycles. The minimum absolute atomic E-state index is 0.521. The second kappa shape index (κ2) is 4.94. The zero-order valence-electron chi connectivity index (χ0n) is 10.9. The Bertz CT molecular complexity index is 532. The van der Waals surface area contributed by atoms with Crippen molar-refractivity contribution in [3.8, 4) is 11.5 Å². The van der Waals surface area contributed by atoms with E-state index in [1.165, 1.54) is 0 Å². The Hall–Kier alpha value is -2.25. The molecule has 0 spiro atoms. The number of nitrogens with one attached hydrogen (secondary N) is 1. The average molecular weight is 248 g/mol. The van der Waals surface area contributed by atoms with Crippen LogP contribution in [-0.2, 0) is 6.54 Å². The standard InChI is InChI=1S/C10H16N8/c1-5-18-7(6-12-16-18)8-13-9(11-2)15-10(14-8)17(3)4/h6H,5H2,1-4H3,(H,11,13,14,15). The molecule has 0 aromatic carbocycles. The molecule has 0 unspecified atom stereocenters. The molecule has 0 saturated carbocycles. The SMILES string of the molecule is CCn1nncc1-c1nc(NC)nc(N(C)C)n1. The number of hydrogen-bond donors (Lipinski definition) is 1. The fraction of sp³-hybridized carbons (Fsp3) is 0.500. The number of aromatic nitrogens is 6. The van der Waals surface area contributed by atoms with Crippen LogP contribution in [0.5, 0.6) is 0 Å². The van der Waals surface area contributed by atoms with Crippen molar-refractivity contribution in [1.29, 1.82) is 0 Å². The van der Waals surface area contributed by atoms with Gasteiger partial charge in [0.2, 0.25) is 11.9 Å². The number of rotatable bonds is 4. The highest BCUT2D eigenvalue weighted by Crippen LogP contribution is 2.17. The maximum Gasteiger partial charge on any atom is 0.230 e. The molecule has 0 radical (unpaired) electrons. The molecule has 0 aliphatic carbocycles. The summed E-state index contributed by atoms with van der Waals surface area (Å²) < 4.78 is 1.74. The molecule has 0 atom stereocenters. The molecule has 18 heavy (non-hydrogen) atoms. The lowest BCUT2D eigenvalue weighted by atomic mass is 10.4. The van der Waals surface area contributed by atoms with E-state index in [9.17, 15) is 0 Å². The van der Waals surface area contributed by atoms with Crippen molar-refractivity contribution in [2.24, 2.45) is 0 Å². The van der Waals surface area contributed by atoms with Gasteiger partial charge in [-0.15, -0.1) is 5.10 Å². The van der Waals surface area contributed by atoms with Gasteiger partial charge in [-0.25, -0.2) is 4.68 Å². The van der Waals surface area contributed by atoms with Crippen LogP contribution in [0.15, 0.2) is 6.20 Å². The van der Waals surface area contributed by atoms with E-state index in [4.69, 9.17) is 0 Å². The van der Waals surface area contributed by atoms with Crippen LogP contribution in [0.2, 0.25) is 0 Å². The third kappa shape index (κ3) is 2.22. The van der Waals surface area contributed by atoms with Crippen LogP contribution >= 0.6 is 0 Å². The van der Waals surface area contributed by atoms with E-state index in [-0.39, 0.29) is 0 Å². The zero-order valence-corrected chi connectivity index (χ0v) is 10.9. The molecular formula is C10H16N8. The lowest BCUT2D eigenvalue weighted by Crippen LogP contribution is -2.15. The summed E-state index contributed by atoms with van der Waals surface area (Å²) in [5.41, 5.74) is 0.777. The molecule has 8 nitrogen and oxygen atoms in total. The van der Waals surface area contributed by atoms with Gasteiger partial charge < -0.3 is 10.2 Å². The molecule has 0 saturated heterocycles. The van der Waals surface area contributed by atoms with Crippen molar-refractivity contribution >= 4 is 11.9 Å². The smallest absolute Gasteiger partial charge is 0.230 e. The van der Waals surface area contributed by atoms with Gasteiger partial charge in [0.1, 0.15) is 5.69 Å². The first-order valence-electron chi connectivity index (χ1n) is 5.65. The number of anilines is 2. The maximum absolute atomic E-state index is 4.39. The van der Waals surface area contributed by atoms with Crippen LogP contribution in [0.3, 0.4) is 0 Å². The van der Waals surface area contributed by atoms with E-state index >= 15 is 0 Å². The van der Waals surface area contributed by atoms with Crippen LogP contribution in [-0.4, -0.2) is 51.1 Å². The van der Waals surface area contributed by atoms with Gasteiger partial charge in [-0.3, -0.25) is 0 Å². The summed E-state index contributed by atoms with van der Waals surface area (Å²) >= 11 is 0. The molecule has 0 aliphatic heterocycles. The lowest BCUT2D eigenvalue weighted by Gasteiger charge is -2.12. The monoisotopic (exact) mass is 248 g/mol. The van der Waals surface area contributed by atoms with Crippen molar-refractivity contribution in [1.82, 2.24) is 29.9 Å². The second-order valence-corrected chi connectivity index (χ2v) is 3.86. The van der Waals surface area contributed by atoms with Crippen LogP contribution in [0.25, 0.3) is 11.5 Å². The Morgan fingerprint density at radius 3 is 2.67 bits per heavy atom. The first-order chi connectivity index (χ1) is 8.65. The van der Waals surface area contributed by atoms with E-state index in [2.05, 4.69) is 30.6 Å². The van der Waals surface area contributed by atoms with Crippen LogP contribution in [0.4, 0.5) is 11.9 Å². The van der Waals surface area contributed by atoms with Crippen molar-refractivity contribution in [2.45, 2.75) is 13.5 Å². The number of aryl methyl sites for hydroxylation is 1. The van der Waals surface area contributed by atoms with Crippen molar-refractivity contribution in [3.05, 3.63) is 6.20 Å². The van der Waals surface area contributed by atoms with Gasteiger partial charge in [-0.05, 0) is 6.92 Å². The van der Waals surface area contributed by atoms with Crippen molar-refractivity contribution in [3.63, 3.8) is 0 Å². The molecule has 0 aliphatic rings. The quantitative estimate of drug-likeness (QED) is 0.830. The van der Waals surface area contributed by atoms with Gasteiger partial charge in [-0.1, -0.05) is 5.21 Å². The molecule has 0 bridgehead atoms. The fourth-order valence-corrected chi connectivity index (χ4v) is 1.46. The van der Waals surface area contributed by atoms with E-state index < -0.39 is 0 Å². The van der Waals surface area contributed by atoms with Crippen LogP contribution in [0, 0.1) is 0 Å². The van der Waals surface area contributed by atoms with Gasteiger partial charge in [0.05, 0.1) is 6.20 Å². The molecule has 2 aromatic rings. The van der Waals surface area contributed by atoms with Gasteiger partial charge >= 0.3 is 0 Å². The Morgan fingerprint density at radius 2 is 2.06 bits per heavy atom. The minimum atomic E-state index is 0.521. The Balaban J connectivity index is 2.53. The average Bonchev–Trinajstić information content (AvgIpc) is 2.86. The highest BCUT2D eigenvalue weighted by atomic mass is 15.4. The highest BCUT2D eigenvalue weighted by Gasteiger charge is 2.13. The Labute approximate surface area is 105 Å². The molecule has 0 amide bonds. The van der Waals surface area contributed by atoms with Crippen LogP contribution in [0.1, 0.15) is 6.92 Å². The van der Waals surface area contributed by atoms with Gasteiger partial charge in [-0.2, -0.15) is 15.0 Å². The topological polar surface area (TPSA) is 84.7 Å². The first-order valence-corrected chi connectivity index (χ1v) is 5.65. The van der Waals surface area contributed by atoms with Gasteiger partial charge in [0.25, 0.3) is 0 Å². The normalized spacial score (nSPS) is 10.4. The Morgan fingerprint density at radius 1 is 1.28 bits per heavy atom. The van der Waals surface area contributed by atoms with Crippen molar-refractivity contribution in [2.75, 3.05) is 31.4 Å². The van der Waals surface area contributed by atoms with Gasteiger partial charge in [0.15, 0.2) is 5.82 Å². The summed E-state index contributed by atoms with van der Waals surface area (Å²) in [5.74, 6) is 1.67. The summed E-state index contributed by atoms with van der Waals surface area (Å²) in [5, 5.41) is 10.8. The van der Waals surface area contributed by atoms with E-state index in [0.717, 1.165) is 5.69 Å². The largest absolute Gasteiger partial charge is 0.357 e. The zero-order chi connectivity index (χ0) is 13.1. The van der Waals surface area contributed by atoms with Crippen molar-refractivity contribution < 1.29 is 0 Å². The van der Waals surface area contributed by atoms with E-state index in [0.29, 0.717) is 24.3 Å². The molecule has 96 valence electrons. The van der Waals surface area contributed by atoms with Crippen LogP contribution < -0.4 is 10.2 Å². The maximum atomic E-state index is 4.39. The number of hydrogen-bond acceptors (Lipinski definition) is 7. The van der Waals surface area contributed by atoms with E-state index in [1.54, 1.807) is 17.9 Å². The summed E-state index contributed by atoms with van der Waals surface area (Å²) in [4.78, 5) is 14.8.